The maximum Gasteiger partial charge on any atom is 0.268 e. The molecule has 2 saturated heterocycles. The van der Waals surface area contributed by atoms with Crippen molar-refractivity contribution < 1.29 is 35.9 Å². The van der Waals surface area contributed by atoms with E-state index in [0.717, 1.165) is 36.0 Å². The summed E-state index contributed by atoms with van der Waals surface area (Å²) in [6, 6.07) is 25.4. The number of hydrogen-bond acceptors (Lipinski definition) is 14. The zero-order chi connectivity index (χ0) is 57.3. The molecule has 6 heterocycles. The average Bonchev–Trinajstić information content (AvgIpc) is 3.34. The zero-order valence-electron chi connectivity index (χ0n) is 48.4. The van der Waals surface area contributed by atoms with Gasteiger partial charge in [-0.1, -0.05) is 61.8 Å². The lowest BCUT2D eigenvalue weighted by Crippen LogP contribution is -2.41. The summed E-state index contributed by atoms with van der Waals surface area (Å²) in [5, 5.41) is 12.3. The van der Waals surface area contributed by atoms with Crippen molar-refractivity contribution in [3.05, 3.63) is 126 Å². The van der Waals surface area contributed by atoms with E-state index in [2.05, 4.69) is 71.7 Å². The first-order chi connectivity index (χ1) is 38.6. The quantitative estimate of drug-likeness (QED) is 0.0642. The SMILES string of the molecule is C[C@@H]1CN(c2nc(-n3ccc(OCC(C4CC4)C4CC4)n3)ccc2C(=O)NS(=O)(=O)c2ccccc2)C(C)(C)C1.C[C@@H]1CNC(C)(C)C1.Cl.O=C(NS(=O)(=O)c1ccccc1)c1ccc(-n2ccc(OCC(C3CC3)C3CC3)n2)nc1Cl.S.S. The lowest BCUT2D eigenvalue weighted by molar-refractivity contribution is 0.0972. The zero-order valence-corrected chi connectivity index (χ0v) is 53.6. The second-order valence-electron chi connectivity index (χ2n) is 24.3. The van der Waals surface area contributed by atoms with Gasteiger partial charge in [0.05, 0.1) is 34.1 Å². The van der Waals surface area contributed by atoms with Crippen LogP contribution >= 0.6 is 51.0 Å². The van der Waals surface area contributed by atoms with Gasteiger partial charge in [-0.15, -0.1) is 22.6 Å². The number of halogens is 2. The van der Waals surface area contributed by atoms with Gasteiger partial charge < -0.3 is 19.7 Å². The van der Waals surface area contributed by atoms with E-state index in [0.29, 0.717) is 72.3 Å². The number of anilines is 1. The second kappa shape index (κ2) is 27.6. The summed E-state index contributed by atoms with van der Waals surface area (Å²) in [6.07, 6.45) is 16.2. The van der Waals surface area contributed by atoms with Crippen LogP contribution in [-0.4, -0.2) is 95.6 Å². The third-order valence-electron chi connectivity index (χ3n) is 16.2. The van der Waals surface area contributed by atoms with Crippen molar-refractivity contribution in [1.82, 2.24) is 44.3 Å². The summed E-state index contributed by atoms with van der Waals surface area (Å²) >= 11 is 6.20. The number of aromatic nitrogens is 6. The molecule has 18 nitrogen and oxygen atoms in total. The fourth-order valence-electron chi connectivity index (χ4n) is 11.6. The van der Waals surface area contributed by atoms with Crippen molar-refractivity contribution >= 4 is 88.7 Å². The molecule has 12 rings (SSSR count). The number of carbonyl (C=O) groups is 2. The minimum Gasteiger partial charge on any atom is -0.476 e. The molecule has 24 heteroatoms. The molecular weight excluding hydrogens is 1190 g/mol. The van der Waals surface area contributed by atoms with Crippen LogP contribution in [0.4, 0.5) is 5.82 Å². The molecule has 0 unspecified atom stereocenters. The normalized spacial score (nSPS) is 19.5. The first-order valence-corrected chi connectivity index (χ1v) is 31.8. The fraction of sp³-hybridized carbons (Fsp3) is 0.500. The van der Waals surface area contributed by atoms with Crippen LogP contribution in [0.15, 0.2) is 119 Å². The van der Waals surface area contributed by atoms with E-state index in [4.69, 9.17) is 26.1 Å². The number of ether oxygens (including phenoxy) is 2. The number of nitrogens with one attached hydrogen (secondary N) is 3. The van der Waals surface area contributed by atoms with Gasteiger partial charge in [0.2, 0.25) is 11.8 Å². The van der Waals surface area contributed by atoms with Crippen molar-refractivity contribution in [2.75, 3.05) is 31.2 Å². The van der Waals surface area contributed by atoms with E-state index in [1.54, 1.807) is 71.5 Å². The Morgan fingerprint density at radius 3 is 1.42 bits per heavy atom. The van der Waals surface area contributed by atoms with Crippen molar-refractivity contribution in [3.63, 3.8) is 0 Å². The number of hydrogen-bond donors (Lipinski definition) is 3. The third-order valence-corrected chi connectivity index (χ3v) is 19.2. The molecule has 0 bridgehead atoms. The molecule has 2 aromatic carbocycles. The first-order valence-electron chi connectivity index (χ1n) is 28.4. The van der Waals surface area contributed by atoms with Crippen molar-refractivity contribution in [1.29, 1.82) is 0 Å². The maximum absolute atomic E-state index is 13.4. The van der Waals surface area contributed by atoms with Crippen LogP contribution in [0.3, 0.4) is 0 Å². The highest BCUT2D eigenvalue weighted by Crippen LogP contribution is 2.50. The molecule has 0 spiro atoms. The summed E-state index contributed by atoms with van der Waals surface area (Å²) in [4.78, 5) is 37.1. The van der Waals surface area contributed by atoms with E-state index >= 15 is 0 Å². The molecule has 6 aliphatic rings. The van der Waals surface area contributed by atoms with E-state index in [1.165, 1.54) is 99.3 Å². The van der Waals surface area contributed by atoms with Gasteiger partial charge in [0, 0.05) is 42.1 Å². The number of benzene rings is 2. The van der Waals surface area contributed by atoms with Crippen LogP contribution in [0.1, 0.15) is 126 Å². The monoisotopic (exact) mass is 1270 g/mol. The maximum atomic E-state index is 13.4. The number of amides is 2. The van der Waals surface area contributed by atoms with Crippen LogP contribution in [-0.2, 0) is 20.0 Å². The van der Waals surface area contributed by atoms with Crippen LogP contribution < -0.4 is 29.1 Å². The molecule has 6 fully saturated rings. The number of sulfonamides is 2. The minimum absolute atomic E-state index is 0. The van der Waals surface area contributed by atoms with E-state index < -0.39 is 31.9 Å². The van der Waals surface area contributed by atoms with E-state index in [-0.39, 0.29) is 71.0 Å². The highest BCUT2D eigenvalue weighted by Gasteiger charge is 2.43. The van der Waals surface area contributed by atoms with Gasteiger partial charge in [0.25, 0.3) is 31.9 Å². The van der Waals surface area contributed by atoms with Crippen molar-refractivity contribution in [2.45, 2.75) is 127 Å². The van der Waals surface area contributed by atoms with Crippen molar-refractivity contribution in [3.8, 4) is 23.4 Å². The molecule has 3 N–H and O–H groups in total. The Hall–Kier alpha value is -5.36. The highest BCUT2D eigenvalue weighted by atomic mass is 35.5. The fourth-order valence-corrected chi connectivity index (χ4v) is 13.8. The van der Waals surface area contributed by atoms with Gasteiger partial charge >= 0.3 is 0 Å². The largest absolute Gasteiger partial charge is 0.476 e. The Labute approximate surface area is 519 Å². The molecule has 84 heavy (non-hydrogen) atoms. The molecule has 4 aromatic heterocycles. The molecule has 0 radical (unpaired) electrons. The molecule has 2 aliphatic heterocycles. The Kier molecular flexibility index (Phi) is 21.7. The lowest BCUT2D eigenvalue weighted by atomic mass is 9.97. The molecule has 2 atom stereocenters. The summed E-state index contributed by atoms with van der Waals surface area (Å²) in [6.45, 7) is 16.5. The van der Waals surface area contributed by atoms with Gasteiger partial charge in [-0.05, 0) is 194 Å². The van der Waals surface area contributed by atoms with Crippen LogP contribution in [0.5, 0.6) is 11.8 Å². The molecule has 4 saturated carbocycles. The predicted molar refractivity (Wildman–Crippen MR) is 338 cm³/mol. The summed E-state index contributed by atoms with van der Waals surface area (Å²) in [5.41, 5.74) is 0.294. The Morgan fingerprint density at radius 1 is 0.619 bits per heavy atom. The summed E-state index contributed by atoms with van der Waals surface area (Å²) in [7, 11) is -8.06. The Balaban J connectivity index is 0.000000209. The standard InChI is InChI=1S/C30H37N5O4S.C23H23ClN4O4S.C7H15N.ClH.2H2S/c1-20-17-30(2,3)34(18-20)28-24(29(36)33-40(37,38)23-7-5-4-6-8-23)13-14-26(31-28)35-16-15-27(32-35)39-19-25(21-9-10-21)22-11-12-22;24-22-18(23(29)27-33(30,31)17-4-2-1-3-5-17)10-11-20(25-22)28-13-12-21(26-28)32-14-19(15-6-7-15)16-8-9-16;1-6-4-7(2,3)8-5-6;;;/h4-8,13-16,20-22,25H,9-12,17-19H2,1-3H3,(H,33,36);1-5,10-13,15-16,19H,6-9,14H2,(H,27,29);6,8H,4-5H2,1-3H3;1H;2*1H2/t20-;;6-;;;/m0.0.../s1. The number of pyridine rings is 2. The van der Waals surface area contributed by atoms with Gasteiger partial charge in [0.1, 0.15) is 11.0 Å². The topological polar surface area (TPSA) is 222 Å². The van der Waals surface area contributed by atoms with Crippen LogP contribution in [0.2, 0.25) is 5.15 Å². The molecule has 2 amide bonds. The number of carbonyl (C=O) groups excluding carboxylic acids is 2. The molecular formula is C60H80Cl2N10O8S4. The summed E-state index contributed by atoms with van der Waals surface area (Å²) < 4.78 is 70.1. The highest BCUT2D eigenvalue weighted by molar-refractivity contribution is 7.90. The molecule has 456 valence electrons. The first kappa shape index (κ1) is 66.2. The molecule has 4 aliphatic carbocycles. The summed E-state index contributed by atoms with van der Waals surface area (Å²) in [5.74, 6) is 6.54. The number of rotatable bonds is 19. The number of nitrogens with zero attached hydrogens (tertiary/aromatic N) is 7. The predicted octanol–water partition coefficient (Wildman–Crippen LogP) is 10.7. The van der Waals surface area contributed by atoms with Crippen LogP contribution in [0, 0.1) is 47.3 Å². The van der Waals surface area contributed by atoms with Gasteiger partial charge in [-0.25, -0.2) is 45.6 Å². The van der Waals surface area contributed by atoms with E-state index in [1.807, 2.05) is 17.0 Å². The second-order valence-corrected chi connectivity index (χ2v) is 28.1. The molecule has 6 aromatic rings. The minimum atomic E-state index is -4.04. The van der Waals surface area contributed by atoms with Gasteiger partial charge in [-0.3, -0.25) is 9.59 Å². The van der Waals surface area contributed by atoms with Crippen molar-refractivity contribution in [2.24, 2.45) is 47.3 Å². The Bertz CT molecular complexity index is 3410. The Morgan fingerprint density at radius 2 is 1.05 bits per heavy atom. The van der Waals surface area contributed by atoms with E-state index in [9.17, 15) is 26.4 Å². The van der Waals surface area contributed by atoms with Gasteiger partial charge in [0.15, 0.2) is 11.6 Å². The third kappa shape index (κ3) is 17.0. The van der Waals surface area contributed by atoms with Crippen LogP contribution in [0.25, 0.3) is 11.6 Å². The lowest BCUT2D eigenvalue weighted by Gasteiger charge is -2.34. The average molecular weight is 1270 g/mol. The smallest absolute Gasteiger partial charge is 0.268 e. The van der Waals surface area contributed by atoms with Gasteiger partial charge in [-0.2, -0.15) is 27.0 Å².